The molecular formula is C12H10NO4-. The molecule has 0 N–H and O–H groups in total. The van der Waals surface area contributed by atoms with E-state index < -0.39 is 10.9 Å². The summed E-state index contributed by atoms with van der Waals surface area (Å²) in [5.41, 5.74) is 1.30. The van der Waals surface area contributed by atoms with Crippen molar-refractivity contribution in [2.75, 3.05) is 0 Å². The summed E-state index contributed by atoms with van der Waals surface area (Å²) in [6.07, 6.45) is 4.23. The Morgan fingerprint density at radius 2 is 1.88 bits per heavy atom. The van der Waals surface area contributed by atoms with Crippen LogP contribution in [0.4, 0.5) is 5.69 Å². The number of carboxylic acids is 1. The van der Waals surface area contributed by atoms with Crippen molar-refractivity contribution >= 4 is 17.7 Å². The van der Waals surface area contributed by atoms with E-state index in [1.165, 1.54) is 12.1 Å². The van der Waals surface area contributed by atoms with Gasteiger partial charge in [0.2, 0.25) is 0 Å². The van der Waals surface area contributed by atoms with Gasteiger partial charge in [-0.25, -0.2) is 0 Å². The van der Waals surface area contributed by atoms with Crippen molar-refractivity contribution in [3.8, 4) is 0 Å². The Bertz CT molecular complexity index is 486. The molecular weight excluding hydrogens is 222 g/mol. The second kappa shape index (κ2) is 5.60. The molecule has 0 unspecified atom stereocenters. The number of carbonyl (C=O) groups is 1. The maximum atomic E-state index is 10.4. The molecule has 0 fully saturated rings. The van der Waals surface area contributed by atoms with E-state index in [9.17, 15) is 20.0 Å². The molecule has 0 heterocycles. The molecule has 0 spiro atoms. The lowest BCUT2D eigenvalue weighted by molar-refractivity contribution is -0.384. The Morgan fingerprint density at radius 3 is 2.35 bits per heavy atom. The number of benzene rings is 1. The predicted molar refractivity (Wildman–Crippen MR) is 60.9 cm³/mol. The molecule has 0 amide bonds. The lowest BCUT2D eigenvalue weighted by Crippen LogP contribution is -2.19. The molecule has 0 radical (unpaired) electrons. The molecule has 0 aliphatic carbocycles. The van der Waals surface area contributed by atoms with Crippen molar-refractivity contribution in [3.63, 3.8) is 0 Å². The number of carbonyl (C=O) groups excluding carboxylic acids is 1. The molecule has 0 saturated heterocycles. The number of allylic oxidation sites excluding steroid dienone is 2. The van der Waals surface area contributed by atoms with Crippen LogP contribution in [0.3, 0.4) is 0 Å². The zero-order valence-corrected chi connectivity index (χ0v) is 9.12. The SMILES string of the molecule is CC(C=Cc1ccc([N+](=O)[O-])cc1)=CC(=O)[O-]. The Morgan fingerprint density at radius 1 is 1.29 bits per heavy atom. The van der Waals surface area contributed by atoms with E-state index in [0.29, 0.717) is 5.57 Å². The van der Waals surface area contributed by atoms with Crippen LogP contribution in [0, 0.1) is 10.1 Å². The van der Waals surface area contributed by atoms with Crippen LogP contribution >= 0.6 is 0 Å². The largest absolute Gasteiger partial charge is 0.545 e. The summed E-state index contributed by atoms with van der Waals surface area (Å²) in [6.45, 7) is 1.62. The maximum Gasteiger partial charge on any atom is 0.269 e. The third kappa shape index (κ3) is 4.29. The van der Waals surface area contributed by atoms with Crippen molar-refractivity contribution in [3.05, 3.63) is 57.7 Å². The number of nitro groups is 1. The van der Waals surface area contributed by atoms with Gasteiger partial charge in [0.1, 0.15) is 0 Å². The monoisotopic (exact) mass is 232 g/mol. The van der Waals surface area contributed by atoms with Gasteiger partial charge in [-0.15, -0.1) is 0 Å². The maximum absolute atomic E-state index is 10.4. The number of non-ortho nitro benzene ring substituents is 1. The van der Waals surface area contributed by atoms with Crippen molar-refractivity contribution in [1.29, 1.82) is 0 Å². The number of hydrogen-bond donors (Lipinski definition) is 0. The molecule has 88 valence electrons. The van der Waals surface area contributed by atoms with E-state index in [2.05, 4.69) is 0 Å². The Kier molecular flexibility index (Phi) is 4.16. The second-order valence-electron chi connectivity index (χ2n) is 3.39. The van der Waals surface area contributed by atoms with E-state index >= 15 is 0 Å². The summed E-state index contributed by atoms with van der Waals surface area (Å²) in [5.74, 6) is -1.25. The fourth-order valence-electron chi connectivity index (χ4n) is 1.17. The van der Waals surface area contributed by atoms with Crippen molar-refractivity contribution in [2.45, 2.75) is 6.92 Å². The first-order valence-corrected chi connectivity index (χ1v) is 4.81. The fourth-order valence-corrected chi connectivity index (χ4v) is 1.17. The fraction of sp³-hybridized carbons (Fsp3) is 0.0833. The highest BCUT2D eigenvalue weighted by molar-refractivity contribution is 5.79. The van der Waals surface area contributed by atoms with Crippen LogP contribution in [0.2, 0.25) is 0 Å². The summed E-state index contributed by atoms with van der Waals surface area (Å²) < 4.78 is 0. The average Bonchev–Trinajstić information content (AvgIpc) is 2.26. The van der Waals surface area contributed by atoms with Crippen LogP contribution in [0.25, 0.3) is 6.08 Å². The average molecular weight is 232 g/mol. The van der Waals surface area contributed by atoms with Crippen molar-refractivity contribution in [2.24, 2.45) is 0 Å². The lowest BCUT2D eigenvalue weighted by atomic mass is 10.1. The van der Waals surface area contributed by atoms with Crippen LogP contribution in [0.15, 0.2) is 42.0 Å². The van der Waals surface area contributed by atoms with Crippen LogP contribution in [-0.2, 0) is 4.79 Å². The number of carboxylic acid groups (broad SMARTS) is 1. The first-order valence-electron chi connectivity index (χ1n) is 4.81. The summed E-state index contributed by atoms with van der Waals surface area (Å²) in [6, 6.07) is 5.94. The Balaban J connectivity index is 2.79. The van der Waals surface area contributed by atoms with Gasteiger partial charge in [0.15, 0.2) is 0 Å². The molecule has 17 heavy (non-hydrogen) atoms. The van der Waals surface area contributed by atoms with E-state index in [4.69, 9.17) is 0 Å². The van der Waals surface area contributed by atoms with Gasteiger partial charge in [0.25, 0.3) is 5.69 Å². The lowest BCUT2D eigenvalue weighted by Gasteiger charge is -1.96. The smallest absolute Gasteiger partial charge is 0.269 e. The molecule has 1 aromatic rings. The third-order valence-electron chi connectivity index (χ3n) is 1.99. The highest BCUT2D eigenvalue weighted by Gasteiger charge is 2.01. The molecule has 1 rings (SSSR count). The number of hydrogen-bond acceptors (Lipinski definition) is 4. The van der Waals surface area contributed by atoms with Gasteiger partial charge >= 0.3 is 0 Å². The van der Waals surface area contributed by atoms with Crippen molar-refractivity contribution < 1.29 is 14.8 Å². The Hall–Kier alpha value is -2.43. The predicted octanol–water partition coefficient (Wildman–Crippen LogP) is 1.30. The zero-order valence-electron chi connectivity index (χ0n) is 9.12. The first-order chi connectivity index (χ1) is 7.99. The first kappa shape index (κ1) is 12.6. The quantitative estimate of drug-likeness (QED) is 0.339. The van der Waals surface area contributed by atoms with Gasteiger partial charge in [-0.2, -0.15) is 0 Å². The second-order valence-corrected chi connectivity index (χ2v) is 3.39. The van der Waals surface area contributed by atoms with Gasteiger partial charge in [-0.1, -0.05) is 12.2 Å². The van der Waals surface area contributed by atoms with Crippen LogP contribution in [0.1, 0.15) is 12.5 Å². The van der Waals surface area contributed by atoms with Crippen molar-refractivity contribution in [1.82, 2.24) is 0 Å². The summed E-state index contributed by atoms with van der Waals surface area (Å²) in [7, 11) is 0. The van der Waals surface area contributed by atoms with Crippen LogP contribution < -0.4 is 5.11 Å². The molecule has 5 heteroatoms. The van der Waals surface area contributed by atoms with Crippen LogP contribution in [0.5, 0.6) is 0 Å². The van der Waals surface area contributed by atoms with E-state index in [0.717, 1.165) is 11.6 Å². The van der Waals surface area contributed by atoms with E-state index in [-0.39, 0.29) is 5.69 Å². The number of nitrogens with zero attached hydrogens (tertiary/aromatic N) is 1. The standard InChI is InChI=1S/C12H11NO4/c1-9(8-12(14)15)2-3-10-4-6-11(7-5-10)13(16)17/h2-8H,1H3,(H,14,15)/p-1. The molecule has 0 bridgehead atoms. The number of aliphatic carboxylic acids is 1. The summed E-state index contributed by atoms with van der Waals surface area (Å²) >= 11 is 0. The Labute approximate surface area is 97.9 Å². The normalized spacial score (nSPS) is 11.7. The summed E-state index contributed by atoms with van der Waals surface area (Å²) in [4.78, 5) is 20.2. The van der Waals surface area contributed by atoms with Crippen LogP contribution in [-0.4, -0.2) is 10.9 Å². The van der Waals surface area contributed by atoms with Gasteiger partial charge < -0.3 is 9.90 Å². The topological polar surface area (TPSA) is 83.3 Å². The third-order valence-corrected chi connectivity index (χ3v) is 1.99. The number of nitro benzene ring substituents is 1. The van der Waals surface area contributed by atoms with Gasteiger partial charge in [0, 0.05) is 12.1 Å². The highest BCUT2D eigenvalue weighted by Crippen LogP contribution is 2.13. The van der Waals surface area contributed by atoms with Gasteiger partial charge in [0.05, 0.1) is 10.9 Å². The van der Waals surface area contributed by atoms with Gasteiger partial charge in [-0.3, -0.25) is 10.1 Å². The summed E-state index contributed by atoms with van der Waals surface area (Å²) in [5, 5.41) is 20.7. The molecule has 0 saturated carbocycles. The molecule has 1 aromatic carbocycles. The zero-order chi connectivity index (χ0) is 12.8. The minimum atomic E-state index is -1.25. The number of rotatable bonds is 4. The molecule has 0 aromatic heterocycles. The van der Waals surface area contributed by atoms with Gasteiger partial charge in [-0.05, 0) is 36.3 Å². The molecule has 0 aliphatic heterocycles. The molecule has 0 aliphatic rings. The molecule has 5 nitrogen and oxygen atoms in total. The minimum Gasteiger partial charge on any atom is -0.545 e. The van der Waals surface area contributed by atoms with E-state index in [1.54, 1.807) is 31.2 Å². The highest BCUT2D eigenvalue weighted by atomic mass is 16.6. The molecule has 0 atom stereocenters. The van der Waals surface area contributed by atoms with E-state index in [1.807, 2.05) is 0 Å². The minimum absolute atomic E-state index is 0.0177.